The summed E-state index contributed by atoms with van der Waals surface area (Å²) in [7, 11) is 0. The fourth-order valence-corrected chi connectivity index (χ4v) is 6.46. The lowest BCUT2D eigenvalue weighted by molar-refractivity contribution is -0.136. The summed E-state index contributed by atoms with van der Waals surface area (Å²) in [6.45, 7) is 6.96. The summed E-state index contributed by atoms with van der Waals surface area (Å²) in [5.74, 6) is 0.0963. The van der Waals surface area contributed by atoms with Gasteiger partial charge in [-0.1, -0.05) is 36.9 Å². The Morgan fingerprint density at radius 1 is 1.30 bits per heavy atom. The standard InChI is InChI=1S/C31H34F3N7O2S/c1-3-5-17(6-4-2)13-24-38-21-8-7-18(14-22(21)39-24)23(42)16-37-19-9-11-41(12-10-19)25-15-20(31(32,33)34)26-27(35)28(29(36)43)44-30(26)40-25/h3-8,14-15,19,23,37,42H,1,9-13,16,35H2,2H3,(H2,36,43)(H,38,39)/b6-4-,17-5+. The molecule has 44 heavy (non-hydrogen) atoms. The van der Waals surface area contributed by atoms with E-state index >= 15 is 0 Å². The second-order valence-corrected chi connectivity index (χ2v) is 11.7. The highest BCUT2D eigenvalue weighted by atomic mass is 32.1. The van der Waals surface area contributed by atoms with Crippen molar-refractivity contribution in [2.24, 2.45) is 5.73 Å². The molecule has 9 nitrogen and oxygen atoms in total. The van der Waals surface area contributed by atoms with Gasteiger partial charge in [-0.3, -0.25) is 4.79 Å². The summed E-state index contributed by atoms with van der Waals surface area (Å²) in [4.78, 5) is 25.8. The molecule has 1 fully saturated rings. The summed E-state index contributed by atoms with van der Waals surface area (Å²) in [6, 6.07) is 6.69. The number of nitrogens with zero attached hydrogens (tertiary/aromatic N) is 3. The highest BCUT2D eigenvalue weighted by molar-refractivity contribution is 7.21. The minimum absolute atomic E-state index is 0.0253. The van der Waals surface area contributed by atoms with Gasteiger partial charge in [0, 0.05) is 37.5 Å². The number of nitrogen functional groups attached to an aromatic ring is 1. The molecule has 13 heteroatoms. The van der Waals surface area contributed by atoms with E-state index in [4.69, 9.17) is 11.5 Å². The van der Waals surface area contributed by atoms with E-state index in [1.807, 2.05) is 43.4 Å². The maximum absolute atomic E-state index is 14.0. The number of carbonyl (C=O) groups excluding carboxylic acids is 1. The first-order chi connectivity index (χ1) is 21.0. The van der Waals surface area contributed by atoms with Crippen LogP contribution in [0.15, 0.2) is 60.7 Å². The number of aliphatic hydroxyl groups is 1. The number of hydrogen-bond donors (Lipinski definition) is 5. The van der Waals surface area contributed by atoms with Crippen molar-refractivity contribution >= 4 is 50.0 Å². The number of anilines is 2. The van der Waals surface area contributed by atoms with Gasteiger partial charge >= 0.3 is 6.18 Å². The maximum Gasteiger partial charge on any atom is 0.417 e. The van der Waals surface area contributed by atoms with Gasteiger partial charge in [-0.25, -0.2) is 9.97 Å². The highest BCUT2D eigenvalue weighted by Crippen LogP contribution is 2.43. The van der Waals surface area contributed by atoms with Gasteiger partial charge in [0.2, 0.25) is 0 Å². The average molecular weight is 626 g/mol. The minimum atomic E-state index is -4.69. The average Bonchev–Trinajstić information content (AvgIpc) is 3.55. The van der Waals surface area contributed by atoms with Crippen LogP contribution in [0.1, 0.15) is 52.5 Å². The molecule has 0 bridgehead atoms. The van der Waals surface area contributed by atoms with Gasteiger partial charge in [0.25, 0.3) is 5.91 Å². The second kappa shape index (κ2) is 12.8. The number of fused-ring (bicyclic) bond motifs is 2. The van der Waals surface area contributed by atoms with Gasteiger partial charge in [0.05, 0.1) is 28.4 Å². The first kappa shape index (κ1) is 31.2. The number of carbonyl (C=O) groups is 1. The fraction of sp³-hybridized carbons (Fsp3) is 0.323. The number of H-pyrrole nitrogens is 1. The van der Waals surface area contributed by atoms with Crippen molar-refractivity contribution in [3.63, 3.8) is 0 Å². The topological polar surface area (TPSA) is 146 Å². The molecule has 5 rings (SSSR count). The molecule has 4 aromatic rings. The molecule has 1 unspecified atom stereocenters. The molecular formula is C31H34F3N7O2S. The van der Waals surface area contributed by atoms with Crippen molar-refractivity contribution in [2.75, 3.05) is 30.3 Å². The molecule has 7 N–H and O–H groups in total. The summed E-state index contributed by atoms with van der Waals surface area (Å²) in [6.07, 6.45) is 4.12. The van der Waals surface area contributed by atoms with E-state index in [9.17, 15) is 23.1 Å². The summed E-state index contributed by atoms with van der Waals surface area (Å²) in [5.41, 5.74) is 13.4. The molecule has 1 saturated heterocycles. The predicted molar refractivity (Wildman–Crippen MR) is 169 cm³/mol. The van der Waals surface area contributed by atoms with Crippen LogP contribution in [0.5, 0.6) is 0 Å². The molecule has 0 spiro atoms. The number of nitrogens with two attached hydrogens (primary N) is 2. The van der Waals surface area contributed by atoms with Crippen molar-refractivity contribution < 1.29 is 23.1 Å². The fourth-order valence-electron chi connectivity index (χ4n) is 5.49. The molecule has 1 aromatic carbocycles. The zero-order chi connectivity index (χ0) is 31.6. The van der Waals surface area contributed by atoms with Crippen LogP contribution in [0.2, 0.25) is 0 Å². The van der Waals surface area contributed by atoms with E-state index in [1.165, 1.54) is 0 Å². The van der Waals surface area contributed by atoms with E-state index in [-0.39, 0.29) is 32.6 Å². The van der Waals surface area contributed by atoms with Gasteiger partial charge in [-0.05, 0) is 49.1 Å². The lowest BCUT2D eigenvalue weighted by Gasteiger charge is -2.34. The van der Waals surface area contributed by atoms with E-state index in [2.05, 4.69) is 26.8 Å². The van der Waals surface area contributed by atoms with E-state index < -0.39 is 23.8 Å². The largest absolute Gasteiger partial charge is 0.417 e. The van der Waals surface area contributed by atoms with Crippen molar-refractivity contribution in [1.29, 1.82) is 0 Å². The van der Waals surface area contributed by atoms with Crippen molar-refractivity contribution in [1.82, 2.24) is 20.3 Å². The quantitative estimate of drug-likeness (QED) is 0.148. The molecule has 0 saturated carbocycles. The molecule has 1 amide bonds. The summed E-state index contributed by atoms with van der Waals surface area (Å²) in [5, 5.41) is 14.0. The Hall–Kier alpha value is -4.20. The Morgan fingerprint density at radius 3 is 2.70 bits per heavy atom. The number of allylic oxidation sites excluding steroid dienone is 5. The van der Waals surface area contributed by atoms with E-state index in [0.717, 1.165) is 45.4 Å². The Bertz CT molecular complexity index is 1750. The number of aromatic amines is 1. The van der Waals surface area contributed by atoms with Crippen LogP contribution in [0.4, 0.5) is 24.7 Å². The predicted octanol–water partition coefficient (Wildman–Crippen LogP) is 5.40. The number of amides is 1. The zero-order valence-electron chi connectivity index (χ0n) is 24.1. The third-order valence-electron chi connectivity index (χ3n) is 7.66. The SMILES string of the molecule is C=C/C=C(\C=C/C)Cc1nc2ccc(C(O)CNC3CCN(c4cc(C(F)(F)F)c5c(N)c(C(N)=O)sc5n4)CC3)cc2[nH]1. The highest BCUT2D eigenvalue weighted by Gasteiger charge is 2.37. The lowest BCUT2D eigenvalue weighted by atomic mass is 10.0. The molecule has 232 valence electrons. The number of piperidine rings is 1. The minimum Gasteiger partial charge on any atom is -0.397 e. The number of imidazole rings is 1. The Morgan fingerprint density at radius 2 is 2.05 bits per heavy atom. The number of rotatable bonds is 10. The number of halogens is 3. The molecule has 1 atom stereocenters. The van der Waals surface area contributed by atoms with Crippen LogP contribution >= 0.6 is 11.3 Å². The number of thiophene rings is 1. The number of aromatic nitrogens is 3. The van der Waals surface area contributed by atoms with E-state index in [0.29, 0.717) is 38.9 Å². The third-order valence-corrected chi connectivity index (χ3v) is 8.77. The molecule has 0 aliphatic carbocycles. The van der Waals surface area contributed by atoms with Crippen LogP contribution in [-0.2, 0) is 12.6 Å². The maximum atomic E-state index is 14.0. The molecular weight excluding hydrogens is 591 g/mol. The molecule has 3 aromatic heterocycles. The van der Waals surface area contributed by atoms with Crippen LogP contribution < -0.4 is 21.7 Å². The second-order valence-electron chi connectivity index (χ2n) is 10.7. The van der Waals surface area contributed by atoms with Gasteiger partial charge < -0.3 is 31.8 Å². The number of hydrogen-bond acceptors (Lipinski definition) is 8. The third kappa shape index (κ3) is 6.64. The van der Waals surface area contributed by atoms with Crippen LogP contribution in [0.3, 0.4) is 0 Å². The number of benzene rings is 1. The number of pyridine rings is 1. The van der Waals surface area contributed by atoms with Crippen LogP contribution in [0, 0.1) is 0 Å². The Labute approximate surface area is 256 Å². The van der Waals surface area contributed by atoms with E-state index in [1.54, 1.807) is 11.0 Å². The first-order valence-corrected chi connectivity index (χ1v) is 15.0. The Balaban J connectivity index is 1.22. The van der Waals surface area contributed by atoms with Crippen molar-refractivity contribution in [2.45, 2.75) is 44.5 Å². The number of alkyl halides is 3. The molecule has 0 radical (unpaired) electrons. The number of nitrogens with one attached hydrogen (secondary N) is 2. The van der Waals surface area contributed by atoms with Gasteiger partial charge in [-0.2, -0.15) is 13.2 Å². The zero-order valence-corrected chi connectivity index (χ0v) is 24.9. The van der Waals surface area contributed by atoms with Crippen LogP contribution in [-0.4, -0.2) is 51.6 Å². The van der Waals surface area contributed by atoms with Crippen molar-refractivity contribution in [3.05, 3.63) is 82.6 Å². The first-order valence-electron chi connectivity index (χ1n) is 14.2. The monoisotopic (exact) mass is 625 g/mol. The normalized spacial score (nSPS) is 15.9. The van der Waals surface area contributed by atoms with Crippen LogP contribution in [0.25, 0.3) is 21.3 Å². The van der Waals surface area contributed by atoms with Crippen molar-refractivity contribution in [3.8, 4) is 0 Å². The van der Waals surface area contributed by atoms with Gasteiger partial charge in [-0.15, -0.1) is 11.3 Å². The number of primary amides is 1. The lowest BCUT2D eigenvalue weighted by Crippen LogP contribution is -2.44. The van der Waals surface area contributed by atoms with Gasteiger partial charge in [0.1, 0.15) is 21.3 Å². The smallest absolute Gasteiger partial charge is 0.397 e. The summed E-state index contributed by atoms with van der Waals surface area (Å²) >= 11 is 0.766. The molecule has 1 aliphatic heterocycles. The Kier molecular flexibility index (Phi) is 9.09. The summed E-state index contributed by atoms with van der Waals surface area (Å²) < 4.78 is 41.9. The molecule has 1 aliphatic rings. The number of aliphatic hydroxyl groups excluding tert-OH is 1. The molecule has 4 heterocycles. The van der Waals surface area contributed by atoms with Gasteiger partial charge in [0.15, 0.2) is 0 Å².